The summed E-state index contributed by atoms with van der Waals surface area (Å²) < 4.78 is 30.5. The van der Waals surface area contributed by atoms with Gasteiger partial charge in [0.25, 0.3) is 10.1 Å². The summed E-state index contributed by atoms with van der Waals surface area (Å²) in [5.74, 6) is 0.705. The van der Waals surface area contributed by atoms with Crippen molar-refractivity contribution < 1.29 is 33.1 Å². The lowest BCUT2D eigenvalue weighted by molar-refractivity contribution is -0.207. The van der Waals surface area contributed by atoms with Gasteiger partial charge in [-0.25, -0.2) is 0 Å². The molecule has 202 valence electrons. The molecule has 1 amide bonds. The van der Waals surface area contributed by atoms with Gasteiger partial charge in [0.05, 0.1) is 24.1 Å². The monoisotopic (exact) mass is 515 g/mol. The smallest absolute Gasteiger partial charge is 0.266 e. The molecule has 0 spiro atoms. The van der Waals surface area contributed by atoms with E-state index in [2.05, 4.69) is 26.1 Å². The predicted octanol–water partition coefficient (Wildman–Crippen LogP) is 2.37. The lowest BCUT2D eigenvalue weighted by Gasteiger charge is -2.63. The zero-order valence-corrected chi connectivity index (χ0v) is 22.2. The van der Waals surface area contributed by atoms with Gasteiger partial charge >= 0.3 is 0 Å². The van der Waals surface area contributed by atoms with Gasteiger partial charge in [0.2, 0.25) is 5.91 Å². The molecule has 0 saturated heterocycles. The van der Waals surface area contributed by atoms with Crippen molar-refractivity contribution in [3.05, 3.63) is 0 Å². The van der Waals surface area contributed by atoms with Crippen LogP contribution in [0.2, 0.25) is 0 Å². The van der Waals surface area contributed by atoms with Gasteiger partial charge in [-0.15, -0.1) is 0 Å². The molecule has 0 unspecified atom stereocenters. The summed E-state index contributed by atoms with van der Waals surface area (Å²) >= 11 is 0. The number of nitrogens with one attached hydrogen (secondary N) is 1. The lowest BCUT2D eigenvalue weighted by atomic mass is 9.43. The van der Waals surface area contributed by atoms with Crippen LogP contribution in [0.4, 0.5) is 0 Å². The van der Waals surface area contributed by atoms with E-state index in [-0.39, 0.29) is 65.4 Å². The number of aliphatic hydroxyl groups excluding tert-OH is 3. The summed E-state index contributed by atoms with van der Waals surface area (Å²) in [5, 5.41) is 35.8. The molecule has 4 saturated carbocycles. The van der Waals surface area contributed by atoms with Gasteiger partial charge < -0.3 is 20.6 Å². The Morgan fingerprint density at radius 2 is 1.77 bits per heavy atom. The maximum Gasteiger partial charge on any atom is 0.266 e. The van der Waals surface area contributed by atoms with Crippen molar-refractivity contribution in [2.45, 2.75) is 96.9 Å². The van der Waals surface area contributed by atoms with Crippen LogP contribution in [0.3, 0.4) is 0 Å². The fraction of sp³-hybridized carbons (Fsp3) is 0.962. The lowest BCUT2D eigenvalue weighted by Crippen LogP contribution is -2.62. The topological polar surface area (TPSA) is 144 Å². The Labute approximate surface area is 210 Å². The third-order valence-electron chi connectivity index (χ3n) is 11.0. The summed E-state index contributed by atoms with van der Waals surface area (Å²) in [6.45, 7) is 6.56. The maximum atomic E-state index is 12.2. The van der Waals surface area contributed by atoms with Crippen LogP contribution < -0.4 is 5.32 Å². The number of rotatable bonds is 7. The molecule has 0 heterocycles. The Morgan fingerprint density at radius 3 is 2.46 bits per heavy atom. The second-order valence-electron chi connectivity index (χ2n) is 12.7. The van der Waals surface area contributed by atoms with Crippen molar-refractivity contribution in [2.24, 2.45) is 46.3 Å². The van der Waals surface area contributed by atoms with E-state index in [9.17, 15) is 28.5 Å². The molecular weight excluding hydrogens is 470 g/mol. The van der Waals surface area contributed by atoms with Gasteiger partial charge in [-0.1, -0.05) is 20.8 Å². The second-order valence-corrected chi connectivity index (χ2v) is 14.2. The van der Waals surface area contributed by atoms with Crippen molar-refractivity contribution in [2.75, 3.05) is 12.3 Å². The van der Waals surface area contributed by atoms with E-state index in [1.54, 1.807) is 0 Å². The molecule has 4 aliphatic rings. The van der Waals surface area contributed by atoms with Gasteiger partial charge in [0, 0.05) is 13.0 Å². The van der Waals surface area contributed by atoms with Crippen molar-refractivity contribution in [3.8, 4) is 0 Å². The zero-order chi connectivity index (χ0) is 25.8. The second kappa shape index (κ2) is 9.86. The molecule has 8 nitrogen and oxygen atoms in total. The van der Waals surface area contributed by atoms with Gasteiger partial charge in [0.15, 0.2) is 0 Å². The third kappa shape index (κ3) is 5.05. The number of amides is 1. The van der Waals surface area contributed by atoms with Gasteiger partial charge in [-0.3, -0.25) is 9.35 Å². The van der Waals surface area contributed by atoms with Crippen molar-refractivity contribution in [3.63, 3.8) is 0 Å². The molecule has 9 heteroatoms. The highest BCUT2D eigenvalue weighted by atomic mass is 32.2. The number of hydrogen-bond donors (Lipinski definition) is 5. The van der Waals surface area contributed by atoms with Crippen molar-refractivity contribution in [1.82, 2.24) is 5.32 Å². The summed E-state index contributed by atoms with van der Waals surface area (Å²) in [4.78, 5) is 12.2. The fourth-order valence-corrected chi connectivity index (χ4v) is 9.46. The average Bonchev–Trinajstić information content (AvgIpc) is 3.12. The highest BCUT2D eigenvalue weighted by Crippen LogP contribution is 2.68. The first-order valence-electron chi connectivity index (χ1n) is 13.5. The minimum atomic E-state index is -4.10. The van der Waals surface area contributed by atoms with E-state index < -0.39 is 28.1 Å². The number of aliphatic hydroxyl groups is 3. The number of carbonyl (C=O) groups excluding carboxylic acids is 1. The quantitative estimate of drug-likeness (QED) is 0.327. The van der Waals surface area contributed by atoms with E-state index in [1.165, 1.54) is 0 Å². The largest absolute Gasteiger partial charge is 0.393 e. The van der Waals surface area contributed by atoms with E-state index >= 15 is 0 Å². The highest BCUT2D eigenvalue weighted by Gasteiger charge is 2.65. The molecule has 0 radical (unpaired) electrons. The molecule has 5 N–H and O–H groups in total. The molecule has 0 bridgehead atoms. The van der Waals surface area contributed by atoms with E-state index in [1.807, 2.05) is 0 Å². The first kappa shape index (κ1) is 27.3. The van der Waals surface area contributed by atoms with E-state index in [4.69, 9.17) is 4.55 Å². The SMILES string of the molecule is C[C@@H](CCC(=O)NCCS(=O)(=O)O)[C@@H]1CC[C@@H]2[C@@H]3[C@@H](C[C@@H](O)[C@]21C)[C@]1(C)CC[C@H](O)C[C@@H]1C[C@@H]3O. The van der Waals surface area contributed by atoms with E-state index in [0.717, 1.165) is 38.5 Å². The van der Waals surface area contributed by atoms with Crippen LogP contribution in [0.25, 0.3) is 0 Å². The molecule has 4 fully saturated rings. The van der Waals surface area contributed by atoms with Crippen LogP contribution in [-0.4, -0.2) is 64.8 Å². The Hall–Kier alpha value is -0.740. The van der Waals surface area contributed by atoms with Crippen LogP contribution >= 0.6 is 0 Å². The third-order valence-corrected chi connectivity index (χ3v) is 11.7. The molecule has 4 aliphatic carbocycles. The minimum Gasteiger partial charge on any atom is -0.393 e. The van der Waals surface area contributed by atoms with Crippen LogP contribution in [0, 0.1) is 46.3 Å². The molecule has 0 aromatic rings. The van der Waals surface area contributed by atoms with Crippen molar-refractivity contribution in [1.29, 1.82) is 0 Å². The van der Waals surface area contributed by atoms with Crippen LogP contribution in [-0.2, 0) is 14.9 Å². The molecule has 11 atom stereocenters. The van der Waals surface area contributed by atoms with Crippen LogP contribution in [0.1, 0.15) is 78.6 Å². The Balaban J connectivity index is 1.43. The Bertz CT molecular complexity index is 896. The van der Waals surface area contributed by atoms with Gasteiger partial charge in [-0.2, -0.15) is 8.42 Å². The Morgan fingerprint density at radius 1 is 1.06 bits per heavy atom. The van der Waals surface area contributed by atoms with E-state index in [0.29, 0.717) is 18.8 Å². The summed E-state index contributed by atoms with van der Waals surface area (Å²) in [6, 6.07) is 0. The summed E-state index contributed by atoms with van der Waals surface area (Å²) in [7, 11) is -4.10. The van der Waals surface area contributed by atoms with Crippen LogP contribution in [0.15, 0.2) is 0 Å². The fourth-order valence-electron chi connectivity index (χ4n) is 9.10. The first-order valence-corrected chi connectivity index (χ1v) is 15.1. The number of carbonyl (C=O) groups is 1. The molecule has 0 aromatic carbocycles. The standard InChI is InChI=1S/C26H45NO7S/c1-15(4-7-23(31)27-10-11-35(32,33)34)18-5-6-19-24-20(14-22(30)26(18,19)3)25(2)9-8-17(28)12-16(25)13-21(24)29/h15-22,24,28-30H,4-14H2,1-3H3,(H,27,31)(H,32,33,34)/t15-,16+,17-,18-,19+,20+,21-,22+,24+,25+,26-/m0/s1. The first-order chi connectivity index (χ1) is 16.3. The molecule has 35 heavy (non-hydrogen) atoms. The summed E-state index contributed by atoms with van der Waals surface area (Å²) in [6.07, 6.45) is 5.67. The summed E-state index contributed by atoms with van der Waals surface area (Å²) in [5.41, 5.74) is -0.254. The average molecular weight is 516 g/mol. The van der Waals surface area contributed by atoms with Crippen molar-refractivity contribution >= 4 is 16.0 Å². The Kier molecular flexibility index (Phi) is 7.69. The number of hydrogen-bond acceptors (Lipinski definition) is 6. The normalized spacial score (nSPS) is 46.3. The molecular formula is C26H45NO7S. The highest BCUT2D eigenvalue weighted by molar-refractivity contribution is 7.85. The maximum absolute atomic E-state index is 12.2. The molecule has 0 aromatic heterocycles. The number of fused-ring (bicyclic) bond motifs is 5. The minimum absolute atomic E-state index is 0.0509. The van der Waals surface area contributed by atoms with Crippen LogP contribution in [0.5, 0.6) is 0 Å². The molecule has 0 aliphatic heterocycles. The van der Waals surface area contributed by atoms with Gasteiger partial charge in [0.1, 0.15) is 0 Å². The van der Waals surface area contributed by atoms with Gasteiger partial charge in [-0.05, 0) is 97.7 Å². The molecule has 4 rings (SSSR count). The predicted molar refractivity (Wildman–Crippen MR) is 132 cm³/mol. The zero-order valence-electron chi connectivity index (χ0n) is 21.4.